The van der Waals surface area contributed by atoms with E-state index in [4.69, 9.17) is 21.9 Å². The highest BCUT2D eigenvalue weighted by molar-refractivity contribution is 7.98. The Morgan fingerprint density at radius 1 is 1.18 bits per heavy atom. The van der Waals surface area contributed by atoms with Crippen molar-refractivity contribution in [3.63, 3.8) is 0 Å². The molecule has 2 aromatic carbocycles. The molecule has 0 radical (unpaired) electrons. The molecule has 4 rings (SSSR count). The molecule has 0 aliphatic carbocycles. The van der Waals surface area contributed by atoms with Crippen LogP contribution >= 0.6 is 23.4 Å². The third-order valence-electron chi connectivity index (χ3n) is 4.41. The number of halogens is 1. The van der Waals surface area contributed by atoms with Gasteiger partial charge in [0, 0.05) is 27.8 Å². The summed E-state index contributed by atoms with van der Waals surface area (Å²) in [4.78, 5) is 12.0. The van der Waals surface area contributed by atoms with Gasteiger partial charge in [0.1, 0.15) is 5.58 Å². The first-order chi connectivity index (χ1) is 13.5. The van der Waals surface area contributed by atoms with Crippen molar-refractivity contribution < 1.29 is 4.42 Å². The second-order valence-corrected chi connectivity index (χ2v) is 7.63. The van der Waals surface area contributed by atoms with Gasteiger partial charge in [-0.25, -0.2) is 9.47 Å². The summed E-state index contributed by atoms with van der Waals surface area (Å²) < 4.78 is 6.79. The molecular weight excluding hydrogens is 396 g/mol. The maximum Gasteiger partial charge on any atom is 0.336 e. The number of fused-ring (bicyclic) bond motifs is 1. The topological polar surface area (TPSA) is 86.9 Å². The van der Waals surface area contributed by atoms with Crippen LogP contribution in [0.5, 0.6) is 0 Å². The normalized spacial score (nSPS) is 11.2. The van der Waals surface area contributed by atoms with Crippen molar-refractivity contribution in [2.24, 2.45) is 0 Å². The first-order valence-electron chi connectivity index (χ1n) is 8.70. The summed E-state index contributed by atoms with van der Waals surface area (Å²) in [7, 11) is 0. The molecule has 0 unspecified atom stereocenters. The van der Waals surface area contributed by atoms with Gasteiger partial charge < -0.3 is 10.3 Å². The molecule has 28 heavy (non-hydrogen) atoms. The van der Waals surface area contributed by atoms with Crippen LogP contribution in [-0.2, 0) is 12.2 Å². The SMILES string of the molecule is CCc1ccc2c(CSc3nnc(-c4cccc(Cl)c4)n3N)cc(=O)oc2c1. The Bertz CT molecular complexity index is 1220. The Balaban J connectivity index is 1.63. The van der Waals surface area contributed by atoms with E-state index >= 15 is 0 Å². The molecule has 8 heteroatoms. The van der Waals surface area contributed by atoms with Crippen LogP contribution in [0.3, 0.4) is 0 Å². The first-order valence-corrected chi connectivity index (χ1v) is 10.1. The highest BCUT2D eigenvalue weighted by Gasteiger charge is 2.14. The van der Waals surface area contributed by atoms with Crippen molar-refractivity contribution in [1.82, 2.24) is 14.9 Å². The first kappa shape index (κ1) is 18.6. The van der Waals surface area contributed by atoms with Crippen LogP contribution in [-0.4, -0.2) is 14.9 Å². The van der Waals surface area contributed by atoms with Crippen molar-refractivity contribution in [3.05, 3.63) is 75.1 Å². The highest BCUT2D eigenvalue weighted by atomic mass is 35.5. The van der Waals surface area contributed by atoms with Gasteiger partial charge in [0.2, 0.25) is 5.16 Å². The standard InChI is InChI=1S/C20H17ClN4O2S/c1-2-12-6-7-16-14(10-18(26)27-17(16)8-12)11-28-20-24-23-19(25(20)22)13-4-3-5-15(21)9-13/h3-10H,2,11,22H2,1H3. The van der Waals surface area contributed by atoms with E-state index in [0.717, 1.165) is 28.5 Å². The fourth-order valence-electron chi connectivity index (χ4n) is 2.96. The van der Waals surface area contributed by atoms with Gasteiger partial charge in [-0.15, -0.1) is 10.2 Å². The quantitative estimate of drug-likeness (QED) is 0.299. The summed E-state index contributed by atoms with van der Waals surface area (Å²) in [5.41, 5.74) is 2.99. The molecule has 2 N–H and O–H groups in total. The lowest BCUT2D eigenvalue weighted by Gasteiger charge is -2.07. The van der Waals surface area contributed by atoms with Crippen molar-refractivity contribution in [2.45, 2.75) is 24.3 Å². The molecule has 0 atom stereocenters. The van der Waals surface area contributed by atoms with E-state index in [-0.39, 0.29) is 5.63 Å². The van der Waals surface area contributed by atoms with Crippen LogP contribution in [0.2, 0.25) is 5.02 Å². The molecule has 0 aliphatic heterocycles. The van der Waals surface area contributed by atoms with Crippen LogP contribution < -0.4 is 11.5 Å². The van der Waals surface area contributed by atoms with E-state index in [1.54, 1.807) is 12.1 Å². The molecule has 2 heterocycles. The van der Waals surface area contributed by atoms with E-state index in [9.17, 15) is 4.79 Å². The van der Waals surface area contributed by atoms with Gasteiger partial charge in [0.15, 0.2) is 5.82 Å². The zero-order valence-electron chi connectivity index (χ0n) is 15.1. The lowest BCUT2D eigenvalue weighted by molar-refractivity contribution is 0.559. The summed E-state index contributed by atoms with van der Waals surface area (Å²) in [6.45, 7) is 2.06. The largest absolute Gasteiger partial charge is 0.423 e. The van der Waals surface area contributed by atoms with E-state index in [1.807, 2.05) is 30.3 Å². The zero-order chi connectivity index (χ0) is 19.7. The average molecular weight is 413 g/mol. The number of hydrogen-bond donors (Lipinski definition) is 1. The predicted molar refractivity (Wildman–Crippen MR) is 112 cm³/mol. The molecule has 4 aromatic rings. The molecule has 0 spiro atoms. The van der Waals surface area contributed by atoms with E-state index in [0.29, 0.717) is 27.3 Å². The van der Waals surface area contributed by atoms with E-state index in [1.165, 1.54) is 22.5 Å². The third-order valence-corrected chi connectivity index (χ3v) is 5.63. The number of rotatable bonds is 5. The van der Waals surface area contributed by atoms with Crippen LogP contribution in [0, 0.1) is 0 Å². The minimum Gasteiger partial charge on any atom is -0.423 e. The van der Waals surface area contributed by atoms with Crippen molar-refractivity contribution >= 4 is 34.3 Å². The fourth-order valence-corrected chi connectivity index (χ4v) is 3.99. The third kappa shape index (κ3) is 3.63. The number of thioether (sulfide) groups is 1. The molecule has 2 aromatic heterocycles. The van der Waals surface area contributed by atoms with Gasteiger partial charge in [-0.1, -0.05) is 54.6 Å². The van der Waals surface area contributed by atoms with Crippen LogP contribution in [0.4, 0.5) is 0 Å². The Labute approximate surface area is 170 Å². The number of benzene rings is 2. The lowest BCUT2D eigenvalue weighted by Crippen LogP contribution is -2.11. The van der Waals surface area contributed by atoms with E-state index < -0.39 is 0 Å². The molecule has 0 aliphatic rings. The Morgan fingerprint density at radius 3 is 2.82 bits per heavy atom. The predicted octanol–water partition coefficient (Wildman–Crippen LogP) is 4.27. The molecule has 0 bridgehead atoms. The fraction of sp³-hybridized carbons (Fsp3) is 0.150. The highest BCUT2D eigenvalue weighted by Crippen LogP contribution is 2.28. The Kier molecular flexibility index (Phi) is 5.11. The van der Waals surface area contributed by atoms with Crippen molar-refractivity contribution in [2.75, 3.05) is 5.84 Å². The number of hydrogen-bond acceptors (Lipinski definition) is 6. The maximum atomic E-state index is 12.0. The van der Waals surface area contributed by atoms with E-state index in [2.05, 4.69) is 17.1 Å². The molecule has 0 amide bonds. The monoisotopic (exact) mass is 412 g/mol. The maximum absolute atomic E-state index is 12.0. The number of nitrogens with two attached hydrogens (primary N) is 1. The van der Waals surface area contributed by atoms with Crippen molar-refractivity contribution in [1.29, 1.82) is 0 Å². The zero-order valence-corrected chi connectivity index (χ0v) is 16.6. The van der Waals surface area contributed by atoms with Crippen LogP contribution in [0.25, 0.3) is 22.4 Å². The summed E-state index contributed by atoms with van der Waals surface area (Å²) in [5.74, 6) is 7.21. The minimum atomic E-state index is -0.370. The van der Waals surface area contributed by atoms with Gasteiger partial charge in [-0.05, 0) is 35.7 Å². The Hall–Kier alpha value is -2.77. The smallest absolute Gasteiger partial charge is 0.336 e. The lowest BCUT2D eigenvalue weighted by atomic mass is 10.1. The molecular formula is C20H17ClN4O2S. The molecule has 0 saturated heterocycles. The summed E-state index contributed by atoms with van der Waals surface area (Å²) in [6.07, 6.45) is 0.876. The summed E-state index contributed by atoms with van der Waals surface area (Å²) >= 11 is 7.45. The molecule has 6 nitrogen and oxygen atoms in total. The molecule has 0 saturated carbocycles. The number of nitrogens with zero attached hydrogens (tertiary/aromatic N) is 3. The summed E-state index contributed by atoms with van der Waals surface area (Å²) in [5, 5.41) is 10.4. The molecule has 0 fully saturated rings. The van der Waals surface area contributed by atoms with Gasteiger partial charge in [-0.3, -0.25) is 0 Å². The van der Waals surface area contributed by atoms with Crippen LogP contribution in [0.15, 0.2) is 62.9 Å². The van der Waals surface area contributed by atoms with Gasteiger partial charge in [0.05, 0.1) is 0 Å². The van der Waals surface area contributed by atoms with Crippen molar-refractivity contribution in [3.8, 4) is 11.4 Å². The molecule has 142 valence electrons. The number of nitrogen functional groups attached to an aromatic ring is 1. The van der Waals surface area contributed by atoms with Gasteiger partial charge >= 0.3 is 5.63 Å². The second-order valence-electron chi connectivity index (χ2n) is 6.25. The Morgan fingerprint density at radius 2 is 2.04 bits per heavy atom. The van der Waals surface area contributed by atoms with Gasteiger partial charge in [0.25, 0.3) is 0 Å². The van der Waals surface area contributed by atoms with Crippen LogP contribution in [0.1, 0.15) is 18.1 Å². The average Bonchev–Trinajstić information content (AvgIpc) is 3.06. The second kappa shape index (κ2) is 7.69. The van der Waals surface area contributed by atoms with Gasteiger partial charge in [-0.2, -0.15) is 0 Å². The minimum absolute atomic E-state index is 0.370. The number of aromatic nitrogens is 3. The number of aryl methyl sites for hydroxylation is 1. The summed E-state index contributed by atoms with van der Waals surface area (Å²) in [6, 6.07) is 14.7.